The maximum Gasteiger partial charge on any atom is 0.329 e. The van der Waals surface area contributed by atoms with E-state index in [-0.39, 0.29) is 0 Å². The lowest BCUT2D eigenvalue weighted by molar-refractivity contribution is -0.136. The van der Waals surface area contributed by atoms with Gasteiger partial charge in [0.05, 0.1) is 20.4 Å². The van der Waals surface area contributed by atoms with Gasteiger partial charge in [0.15, 0.2) is 0 Å². The van der Waals surface area contributed by atoms with Crippen LogP contribution in [0.15, 0.2) is 52.0 Å². The summed E-state index contributed by atoms with van der Waals surface area (Å²) >= 11 is 3.34. The third-order valence-corrected chi connectivity index (χ3v) is 3.59. The van der Waals surface area contributed by atoms with Gasteiger partial charge >= 0.3 is 11.8 Å². The van der Waals surface area contributed by atoms with E-state index >= 15 is 0 Å². The maximum atomic E-state index is 11.9. The molecule has 8 heteroatoms. The van der Waals surface area contributed by atoms with Crippen LogP contribution in [-0.4, -0.2) is 32.2 Å². The fourth-order valence-electron chi connectivity index (χ4n) is 1.91. The molecule has 0 spiro atoms. The van der Waals surface area contributed by atoms with E-state index in [1.807, 2.05) is 6.07 Å². The van der Waals surface area contributed by atoms with E-state index in [4.69, 9.17) is 9.47 Å². The van der Waals surface area contributed by atoms with Crippen LogP contribution in [-0.2, 0) is 9.59 Å². The number of hydrogen-bond donors (Lipinski definition) is 2. The summed E-state index contributed by atoms with van der Waals surface area (Å²) in [5, 5.41) is 6.24. The highest BCUT2D eigenvalue weighted by Crippen LogP contribution is 2.21. The van der Waals surface area contributed by atoms with Crippen molar-refractivity contribution < 1.29 is 19.1 Å². The van der Waals surface area contributed by atoms with E-state index in [9.17, 15) is 9.59 Å². The van der Waals surface area contributed by atoms with Gasteiger partial charge in [0.1, 0.15) is 11.5 Å². The third kappa shape index (κ3) is 5.32. The van der Waals surface area contributed by atoms with Crippen molar-refractivity contribution in [2.75, 3.05) is 19.5 Å². The Labute approximate surface area is 153 Å². The summed E-state index contributed by atoms with van der Waals surface area (Å²) in [5.74, 6) is -0.584. The van der Waals surface area contributed by atoms with Gasteiger partial charge < -0.3 is 14.8 Å². The minimum absolute atomic E-state index is 0.442. The molecule has 0 aliphatic heterocycles. The molecule has 0 bridgehead atoms. The topological polar surface area (TPSA) is 89.0 Å². The van der Waals surface area contributed by atoms with E-state index in [1.165, 1.54) is 20.4 Å². The number of amides is 2. The van der Waals surface area contributed by atoms with Gasteiger partial charge in [-0.1, -0.05) is 22.0 Å². The Balaban J connectivity index is 1.97. The highest BCUT2D eigenvalue weighted by Gasteiger charge is 2.13. The van der Waals surface area contributed by atoms with Crippen molar-refractivity contribution in [1.29, 1.82) is 0 Å². The largest absolute Gasteiger partial charge is 0.497 e. The second-order valence-electron chi connectivity index (χ2n) is 4.77. The van der Waals surface area contributed by atoms with Gasteiger partial charge in [-0.2, -0.15) is 5.10 Å². The quantitative estimate of drug-likeness (QED) is 0.454. The van der Waals surface area contributed by atoms with Gasteiger partial charge in [0, 0.05) is 21.8 Å². The number of anilines is 1. The van der Waals surface area contributed by atoms with Gasteiger partial charge in [-0.3, -0.25) is 9.59 Å². The predicted octanol–water partition coefficient (Wildman–Crippen LogP) is 2.56. The van der Waals surface area contributed by atoms with Gasteiger partial charge in [-0.05, 0) is 30.3 Å². The molecule has 0 aliphatic rings. The summed E-state index contributed by atoms with van der Waals surface area (Å²) in [6.07, 6.45) is 1.39. The van der Waals surface area contributed by atoms with Crippen molar-refractivity contribution in [2.24, 2.45) is 5.10 Å². The number of ether oxygens (including phenoxy) is 2. The molecule has 0 fully saturated rings. The molecule has 7 nitrogen and oxygen atoms in total. The van der Waals surface area contributed by atoms with Gasteiger partial charge in [-0.15, -0.1) is 0 Å². The van der Waals surface area contributed by atoms with Crippen molar-refractivity contribution in [2.45, 2.75) is 0 Å². The Morgan fingerprint density at radius 1 is 1.08 bits per heavy atom. The van der Waals surface area contributed by atoms with Crippen LogP contribution in [0, 0.1) is 0 Å². The van der Waals surface area contributed by atoms with Crippen molar-refractivity contribution >= 4 is 39.6 Å². The van der Waals surface area contributed by atoms with E-state index < -0.39 is 11.8 Å². The molecule has 0 saturated heterocycles. The number of nitrogens with zero attached hydrogens (tertiary/aromatic N) is 1. The SMILES string of the molecule is COc1cccc(NC(=O)C(=O)N/N=C/c2cc(Br)ccc2OC)c1. The van der Waals surface area contributed by atoms with Crippen molar-refractivity contribution in [3.05, 3.63) is 52.5 Å². The molecule has 0 heterocycles. The number of carbonyl (C=O) groups excluding carboxylic acids is 2. The summed E-state index contributed by atoms with van der Waals surface area (Å²) in [6, 6.07) is 12.0. The first kappa shape index (κ1) is 18.5. The summed E-state index contributed by atoms with van der Waals surface area (Å²) in [4.78, 5) is 23.7. The van der Waals surface area contributed by atoms with Crippen LogP contribution in [0.4, 0.5) is 5.69 Å². The maximum absolute atomic E-state index is 11.9. The van der Waals surface area contributed by atoms with Crippen LogP contribution >= 0.6 is 15.9 Å². The van der Waals surface area contributed by atoms with Crippen molar-refractivity contribution in [3.63, 3.8) is 0 Å². The van der Waals surface area contributed by atoms with Crippen molar-refractivity contribution in [3.8, 4) is 11.5 Å². The Morgan fingerprint density at radius 2 is 1.88 bits per heavy atom. The molecule has 2 aromatic rings. The molecule has 2 N–H and O–H groups in total. The third-order valence-electron chi connectivity index (χ3n) is 3.10. The standard InChI is InChI=1S/C17H16BrN3O4/c1-24-14-5-3-4-13(9-14)20-16(22)17(23)21-19-10-11-8-12(18)6-7-15(11)25-2/h3-10H,1-2H3,(H,20,22)(H,21,23)/b19-10+. The molecule has 0 aliphatic carbocycles. The highest BCUT2D eigenvalue weighted by atomic mass is 79.9. The molecule has 2 amide bonds. The van der Waals surface area contributed by atoms with Gasteiger partial charge in [-0.25, -0.2) is 5.43 Å². The molecular formula is C17H16BrN3O4. The average molecular weight is 406 g/mol. The lowest BCUT2D eigenvalue weighted by Gasteiger charge is -2.06. The Kier molecular flexibility index (Phi) is 6.53. The number of benzene rings is 2. The fraction of sp³-hybridized carbons (Fsp3) is 0.118. The second kappa shape index (κ2) is 8.84. The van der Waals surface area contributed by atoms with Crippen molar-refractivity contribution in [1.82, 2.24) is 5.43 Å². The van der Waals surface area contributed by atoms with Crippen LogP contribution in [0.3, 0.4) is 0 Å². The van der Waals surface area contributed by atoms with E-state index in [1.54, 1.807) is 36.4 Å². The molecule has 0 saturated carbocycles. The van der Waals surface area contributed by atoms with Gasteiger partial charge in [0.25, 0.3) is 0 Å². The summed E-state index contributed by atoms with van der Waals surface area (Å²) in [7, 11) is 3.04. The molecule has 0 aromatic heterocycles. The zero-order valence-electron chi connectivity index (χ0n) is 13.6. The number of hydrogen-bond acceptors (Lipinski definition) is 5. The molecule has 0 atom stereocenters. The number of rotatable bonds is 5. The van der Waals surface area contributed by atoms with Crippen LogP contribution in [0.25, 0.3) is 0 Å². The fourth-order valence-corrected chi connectivity index (χ4v) is 2.28. The number of nitrogens with one attached hydrogen (secondary N) is 2. The molecule has 0 radical (unpaired) electrons. The number of hydrazone groups is 1. The normalized spacial score (nSPS) is 10.4. The first-order valence-corrected chi connectivity index (χ1v) is 7.94. The smallest absolute Gasteiger partial charge is 0.329 e. The van der Waals surface area contributed by atoms with Crippen LogP contribution < -0.4 is 20.2 Å². The van der Waals surface area contributed by atoms with Crippen LogP contribution in [0.1, 0.15) is 5.56 Å². The zero-order valence-corrected chi connectivity index (χ0v) is 15.2. The summed E-state index contributed by atoms with van der Waals surface area (Å²) in [5.41, 5.74) is 3.25. The Hall–Kier alpha value is -2.87. The highest BCUT2D eigenvalue weighted by molar-refractivity contribution is 9.10. The first-order valence-electron chi connectivity index (χ1n) is 7.15. The summed E-state index contributed by atoms with van der Waals surface area (Å²) < 4.78 is 11.1. The molecule has 2 rings (SSSR count). The predicted molar refractivity (Wildman–Crippen MR) is 98.1 cm³/mol. The Morgan fingerprint density at radius 3 is 2.60 bits per heavy atom. The monoisotopic (exact) mass is 405 g/mol. The number of carbonyl (C=O) groups is 2. The molecule has 2 aromatic carbocycles. The van der Waals surface area contributed by atoms with E-state index in [2.05, 4.69) is 31.8 Å². The minimum Gasteiger partial charge on any atom is -0.497 e. The second-order valence-corrected chi connectivity index (χ2v) is 5.69. The summed E-state index contributed by atoms with van der Waals surface area (Å²) in [6.45, 7) is 0. The Bertz CT molecular complexity index is 808. The van der Waals surface area contributed by atoms with E-state index in [0.29, 0.717) is 22.7 Å². The molecule has 0 unspecified atom stereocenters. The lowest BCUT2D eigenvalue weighted by atomic mass is 10.2. The first-order chi connectivity index (χ1) is 12.0. The average Bonchev–Trinajstić information content (AvgIpc) is 2.62. The van der Waals surface area contributed by atoms with E-state index in [0.717, 1.165) is 4.47 Å². The van der Waals surface area contributed by atoms with Gasteiger partial charge in [0.2, 0.25) is 0 Å². The lowest BCUT2D eigenvalue weighted by Crippen LogP contribution is -2.32. The number of methoxy groups -OCH3 is 2. The molecule has 130 valence electrons. The van der Waals surface area contributed by atoms with Crippen LogP contribution in [0.2, 0.25) is 0 Å². The molecular weight excluding hydrogens is 390 g/mol. The number of halogens is 1. The molecule has 25 heavy (non-hydrogen) atoms. The van der Waals surface area contributed by atoms with Crippen LogP contribution in [0.5, 0.6) is 11.5 Å². The zero-order chi connectivity index (χ0) is 18.2. The minimum atomic E-state index is -0.895.